The van der Waals surface area contributed by atoms with Crippen molar-refractivity contribution in [2.24, 2.45) is 0 Å². The van der Waals surface area contributed by atoms with Crippen LogP contribution in [-0.4, -0.2) is 75.5 Å². The lowest BCUT2D eigenvalue weighted by molar-refractivity contribution is -0.889. The van der Waals surface area contributed by atoms with E-state index in [1.807, 2.05) is 0 Å². The number of esters is 2. The van der Waals surface area contributed by atoms with Crippen LogP contribution in [0.3, 0.4) is 0 Å². The Kier molecular flexibility index (Phi) is 38.9. The van der Waals surface area contributed by atoms with E-state index < -0.39 is 18.1 Å². The van der Waals surface area contributed by atoms with Crippen LogP contribution in [0.25, 0.3) is 0 Å². The summed E-state index contributed by atoms with van der Waals surface area (Å²) in [6, 6.07) is -0.743. The molecule has 2 unspecified atom stereocenters. The highest BCUT2D eigenvalue weighted by Crippen LogP contribution is 2.12. The molecule has 8 heteroatoms. The highest BCUT2D eigenvalue weighted by Gasteiger charge is 2.25. The molecule has 0 bridgehead atoms. The van der Waals surface area contributed by atoms with Crippen molar-refractivity contribution in [2.75, 3.05) is 41.0 Å². The first-order valence-corrected chi connectivity index (χ1v) is 22.9. The van der Waals surface area contributed by atoms with Gasteiger partial charge in [0.1, 0.15) is 12.6 Å². The van der Waals surface area contributed by atoms with Crippen molar-refractivity contribution in [3.63, 3.8) is 0 Å². The van der Waals surface area contributed by atoms with Crippen molar-refractivity contribution in [2.45, 2.75) is 161 Å². The predicted octanol–water partition coefficient (Wildman–Crippen LogP) is 11.5. The Labute approximate surface area is 366 Å². The smallest absolute Gasteiger partial charge is 0.306 e. The first kappa shape index (κ1) is 56.0. The van der Waals surface area contributed by atoms with E-state index in [4.69, 9.17) is 14.2 Å². The van der Waals surface area contributed by atoms with Gasteiger partial charge in [-0.3, -0.25) is 9.59 Å². The highest BCUT2D eigenvalue weighted by molar-refractivity contribution is 5.70. The number of quaternary nitrogens is 1. The van der Waals surface area contributed by atoms with E-state index in [0.717, 1.165) is 116 Å². The van der Waals surface area contributed by atoms with E-state index in [1.165, 1.54) is 0 Å². The summed E-state index contributed by atoms with van der Waals surface area (Å²) in [6.07, 6.45) is 56.8. The van der Waals surface area contributed by atoms with Crippen LogP contribution in [-0.2, 0) is 28.6 Å². The fourth-order valence-corrected chi connectivity index (χ4v) is 5.91. The van der Waals surface area contributed by atoms with Crippen molar-refractivity contribution in [1.82, 2.24) is 0 Å². The summed E-state index contributed by atoms with van der Waals surface area (Å²) in [5.41, 5.74) is 0. The fourth-order valence-electron chi connectivity index (χ4n) is 5.91. The molecule has 0 heterocycles. The molecule has 0 aromatic carbocycles. The number of carbonyl (C=O) groups is 3. The molecular weight excluding hydrogens is 751 g/mol. The first-order valence-electron chi connectivity index (χ1n) is 22.9. The molecule has 2 atom stereocenters. The normalized spacial score (nSPS) is 13.9. The van der Waals surface area contributed by atoms with Gasteiger partial charge in [-0.25, -0.2) is 0 Å². The van der Waals surface area contributed by atoms with Crippen LogP contribution >= 0.6 is 0 Å². The van der Waals surface area contributed by atoms with Crippen molar-refractivity contribution in [1.29, 1.82) is 0 Å². The zero-order valence-corrected chi connectivity index (χ0v) is 38.3. The number of hydrogen-bond acceptors (Lipinski definition) is 7. The summed E-state index contributed by atoms with van der Waals surface area (Å²) < 4.78 is 17.1. The van der Waals surface area contributed by atoms with Gasteiger partial charge in [-0.05, 0) is 96.3 Å². The summed E-state index contributed by atoms with van der Waals surface area (Å²) >= 11 is 0. The van der Waals surface area contributed by atoms with Gasteiger partial charge in [-0.2, -0.15) is 0 Å². The maximum atomic E-state index is 12.7. The summed E-state index contributed by atoms with van der Waals surface area (Å²) in [6.45, 7) is 4.35. The lowest BCUT2D eigenvalue weighted by Gasteiger charge is -2.34. The van der Waals surface area contributed by atoms with Gasteiger partial charge in [0.25, 0.3) is 0 Å². The molecule has 0 aliphatic heterocycles. The Morgan fingerprint density at radius 1 is 0.500 bits per heavy atom. The molecule has 0 spiro atoms. The number of carboxylic acid groups (broad SMARTS) is 1. The Balaban J connectivity index is 4.46. The summed E-state index contributed by atoms with van der Waals surface area (Å²) in [7, 11) is 5.37. The van der Waals surface area contributed by atoms with E-state index >= 15 is 0 Å². The van der Waals surface area contributed by atoms with Crippen LogP contribution in [0.2, 0.25) is 0 Å². The standard InChI is InChI=1S/C52H83NO7/c1-6-8-10-12-14-16-18-20-22-24-25-26-27-29-31-33-35-37-39-41-43-51(55)60-48(46-58-45-44-49(52(56)57)53(3,4)5)47-59-50(54)42-40-38-36-34-32-30-28-23-21-19-17-15-13-11-9-7-2/h8-11,14-17,20-23,25-26,29-32,48-49H,6-7,12-13,18-19,24,27-28,33-47H2,1-5H3/b10-8+,11-9+,16-14+,17-15+,22-20+,23-21+,26-25+,31-29+,32-30+. The number of carboxylic acids is 1. The van der Waals surface area contributed by atoms with Crippen molar-refractivity contribution in [3.05, 3.63) is 109 Å². The van der Waals surface area contributed by atoms with E-state index in [1.54, 1.807) is 21.1 Å². The van der Waals surface area contributed by atoms with Gasteiger partial charge in [0.05, 0.1) is 40.3 Å². The Bertz CT molecular complexity index is 1340. The molecule has 0 amide bonds. The molecule has 0 rings (SSSR count). The number of ether oxygens (including phenoxy) is 3. The second-order valence-electron chi connectivity index (χ2n) is 15.9. The lowest BCUT2D eigenvalue weighted by Crippen LogP contribution is -2.55. The number of allylic oxidation sites excluding steroid dienone is 18. The zero-order chi connectivity index (χ0) is 44.2. The van der Waals surface area contributed by atoms with Gasteiger partial charge < -0.3 is 28.6 Å². The maximum absolute atomic E-state index is 12.7. The predicted molar refractivity (Wildman–Crippen MR) is 249 cm³/mol. The number of hydrogen-bond donors (Lipinski definition) is 0. The van der Waals surface area contributed by atoms with Gasteiger partial charge in [0.15, 0.2) is 6.10 Å². The number of nitrogens with zero attached hydrogens (tertiary/aromatic N) is 1. The summed E-state index contributed by atoms with van der Waals surface area (Å²) in [5, 5.41) is 11.6. The Morgan fingerprint density at radius 2 is 0.883 bits per heavy atom. The molecule has 0 radical (unpaired) electrons. The van der Waals surface area contributed by atoms with Crippen LogP contribution in [0.5, 0.6) is 0 Å². The SMILES string of the molecule is CC/C=C/C/C=C/C/C=C/C/C=C/C/C=C/CCCCCCC(=O)OC(COCCC(C(=O)[O-])[N+](C)(C)C)COC(=O)CCCCC/C=C/C/C=C/C/C=C/C/C=C/CC. The van der Waals surface area contributed by atoms with Crippen molar-refractivity contribution >= 4 is 17.9 Å². The van der Waals surface area contributed by atoms with E-state index in [0.29, 0.717) is 6.42 Å². The van der Waals surface area contributed by atoms with Crippen LogP contribution in [0.1, 0.15) is 149 Å². The molecule has 338 valence electrons. The van der Waals surface area contributed by atoms with Gasteiger partial charge in [-0.15, -0.1) is 0 Å². The van der Waals surface area contributed by atoms with Crippen LogP contribution in [0, 0.1) is 0 Å². The average molecular weight is 834 g/mol. The maximum Gasteiger partial charge on any atom is 0.306 e. The molecular formula is C52H83NO7. The molecule has 0 fully saturated rings. The first-order chi connectivity index (χ1) is 29.1. The minimum absolute atomic E-state index is 0.0120. The molecule has 0 aromatic rings. The fraction of sp³-hybridized carbons (Fsp3) is 0.596. The lowest BCUT2D eigenvalue weighted by atomic mass is 10.1. The summed E-state index contributed by atoms with van der Waals surface area (Å²) in [4.78, 5) is 36.9. The van der Waals surface area contributed by atoms with E-state index in [-0.39, 0.29) is 49.1 Å². The Morgan fingerprint density at radius 3 is 1.30 bits per heavy atom. The van der Waals surface area contributed by atoms with Crippen LogP contribution in [0.4, 0.5) is 0 Å². The van der Waals surface area contributed by atoms with Gasteiger partial charge in [0.2, 0.25) is 0 Å². The van der Waals surface area contributed by atoms with Crippen LogP contribution < -0.4 is 5.11 Å². The minimum atomic E-state index is -1.14. The average Bonchev–Trinajstić information content (AvgIpc) is 3.21. The second-order valence-corrected chi connectivity index (χ2v) is 15.9. The third-order valence-corrected chi connectivity index (χ3v) is 9.40. The second kappa shape index (κ2) is 41.7. The molecule has 0 aromatic heterocycles. The number of carbonyl (C=O) groups excluding carboxylic acids is 3. The highest BCUT2D eigenvalue weighted by atomic mass is 16.6. The van der Waals surface area contributed by atoms with Crippen molar-refractivity contribution in [3.8, 4) is 0 Å². The third-order valence-electron chi connectivity index (χ3n) is 9.40. The molecule has 60 heavy (non-hydrogen) atoms. The number of unbranched alkanes of at least 4 members (excludes halogenated alkanes) is 7. The van der Waals surface area contributed by atoms with Crippen molar-refractivity contribution < 1.29 is 38.2 Å². The summed E-state index contributed by atoms with van der Waals surface area (Å²) in [5.74, 6) is -1.83. The molecule has 8 nitrogen and oxygen atoms in total. The number of rotatable bonds is 39. The molecule has 0 saturated carbocycles. The molecule has 0 N–H and O–H groups in total. The molecule has 0 aliphatic carbocycles. The topological polar surface area (TPSA) is 102 Å². The zero-order valence-electron chi connectivity index (χ0n) is 38.3. The quantitative estimate of drug-likeness (QED) is 0.0263. The van der Waals surface area contributed by atoms with Gasteiger partial charge >= 0.3 is 11.9 Å². The minimum Gasteiger partial charge on any atom is -0.544 e. The number of likely N-dealkylation sites (N-methyl/N-ethyl adjacent to an activating group) is 1. The van der Waals surface area contributed by atoms with E-state index in [9.17, 15) is 19.5 Å². The monoisotopic (exact) mass is 834 g/mol. The van der Waals surface area contributed by atoms with Gasteiger partial charge in [-0.1, -0.05) is 142 Å². The van der Waals surface area contributed by atoms with Gasteiger partial charge in [0, 0.05) is 19.3 Å². The molecule has 0 saturated heterocycles. The molecule has 0 aliphatic rings. The number of aliphatic carboxylic acids is 1. The Hall–Kier alpha value is -4.01. The largest absolute Gasteiger partial charge is 0.544 e. The van der Waals surface area contributed by atoms with Crippen LogP contribution in [0.15, 0.2) is 109 Å². The van der Waals surface area contributed by atoms with E-state index in [2.05, 4.69) is 123 Å². The third kappa shape index (κ3) is 39.5.